The molecule has 0 fully saturated rings. The zero-order valence-electron chi connectivity index (χ0n) is 16.6. The molecule has 0 saturated heterocycles. The molecule has 1 N–H and O–H groups in total. The Bertz CT molecular complexity index is 1530. The largest absolute Gasteiger partial charge is 0.484 e. The van der Waals surface area contributed by atoms with Crippen molar-refractivity contribution in [3.8, 4) is 11.4 Å². The zero-order chi connectivity index (χ0) is 22.1. The molecule has 0 atom stereocenters. The fourth-order valence-corrected chi connectivity index (χ4v) is 3.55. The third kappa shape index (κ3) is 3.79. The third-order valence-corrected chi connectivity index (χ3v) is 5.11. The lowest BCUT2D eigenvalue weighted by molar-refractivity contribution is -0.119. The molecule has 32 heavy (non-hydrogen) atoms. The van der Waals surface area contributed by atoms with Gasteiger partial charge in [-0.15, -0.1) is 0 Å². The number of nitrogens with zero attached hydrogens (tertiary/aromatic N) is 4. The number of hydrogen-bond donors (Lipinski definition) is 1. The van der Waals surface area contributed by atoms with Crippen LogP contribution in [-0.2, 0) is 4.79 Å². The van der Waals surface area contributed by atoms with E-state index in [1.165, 1.54) is 17.2 Å². The smallest absolute Gasteiger partial charge is 0.283 e. The van der Waals surface area contributed by atoms with Gasteiger partial charge in [0.15, 0.2) is 12.3 Å². The van der Waals surface area contributed by atoms with Crippen LogP contribution in [0.5, 0.6) is 5.75 Å². The molecule has 0 saturated carbocycles. The molecule has 2 aromatic heterocycles. The van der Waals surface area contributed by atoms with Gasteiger partial charge in [-0.3, -0.25) is 15.0 Å². The summed E-state index contributed by atoms with van der Waals surface area (Å²) in [5, 5.41) is 7.11. The molecule has 0 spiro atoms. The van der Waals surface area contributed by atoms with Crippen molar-refractivity contribution in [3.05, 3.63) is 94.6 Å². The number of ether oxygens (including phenoxy) is 1. The quantitative estimate of drug-likeness (QED) is 0.447. The van der Waals surface area contributed by atoms with Crippen molar-refractivity contribution in [1.29, 1.82) is 0 Å². The Labute approximate surface area is 186 Å². The Balaban J connectivity index is 1.33. The van der Waals surface area contributed by atoms with E-state index >= 15 is 0 Å². The normalized spacial score (nSPS) is 11.0. The van der Waals surface area contributed by atoms with Gasteiger partial charge in [-0.2, -0.15) is 5.10 Å². The number of hydrogen-bond acceptors (Lipinski definition) is 5. The minimum Gasteiger partial charge on any atom is -0.484 e. The first-order chi connectivity index (χ1) is 15.6. The van der Waals surface area contributed by atoms with E-state index in [0.29, 0.717) is 22.1 Å². The van der Waals surface area contributed by atoms with Gasteiger partial charge in [0.1, 0.15) is 17.5 Å². The number of carbonyl (C=O) groups is 1. The van der Waals surface area contributed by atoms with E-state index in [1.54, 1.807) is 30.3 Å². The van der Waals surface area contributed by atoms with Crippen molar-refractivity contribution in [2.75, 3.05) is 12.0 Å². The van der Waals surface area contributed by atoms with Crippen LogP contribution in [0.4, 0.5) is 0 Å². The molecule has 2 heterocycles. The number of benzene rings is 3. The van der Waals surface area contributed by atoms with Crippen LogP contribution < -0.4 is 15.7 Å². The van der Waals surface area contributed by atoms with Crippen LogP contribution in [0.15, 0.2) is 84.0 Å². The molecule has 0 unspecified atom stereocenters. The molecule has 158 valence electrons. The lowest BCUT2D eigenvalue weighted by Gasteiger charge is -2.10. The topological polar surface area (TPSA) is 91.0 Å². The monoisotopic (exact) mass is 445 g/mol. The number of amides is 1. The molecule has 0 aliphatic rings. The number of carbonyl (C=O) groups excluding carboxylic acids is 1. The van der Waals surface area contributed by atoms with E-state index in [2.05, 4.69) is 15.5 Å². The van der Waals surface area contributed by atoms with Gasteiger partial charge in [-0.1, -0.05) is 48.0 Å². The lowest BCUT2D eigenvalue weighted by Crippen LogP contribution is -2.35. The highest BCUT2D eigenvalue weighted by Crippen LogP contribution is 2.20. The molecule has 5 rings (SSSR count). The second-order valence-electron chi connectivity index (χ2n) is 7.03. The van der Waals surface area contributed by atoms with Crippen LogP contribution in [0, 0.1) is 0 Å². The molecule has 0 bridgehead atoms. The standard InChI is InChI=1S/C23H16ClN5O3/c24-17-6-3-7-18(11-17)29-22-20(12-26-29)23(31)28(14-25-22)27-21(30)13-32-19-9-8-15-4-1-2-5-16(15)10-19/h1-12,14H,13H2,(H,27,30). The Kier molecular flexibility index (Phi) is 5.04. The summed E-state index contributed by atoms with van der Waals surface area (Å²) in [6.07, 6.45) is 2.64. The van der Waals surface area contributed by atoms with Gasteiger partial charge < -0.3 is 4.74 Å². The van der Waals surface area contributed by atoms with Crippen molar-refractivity contribution in [3.63, 3.8) is 0 Å². The van der Waals surface area contributed by atoms with Gasteiger partial charge in [0.05, 0.1) is 11.9 Å². The summed E-state index contributed by atoms with van der Waals surface area (Å²) in [6.45, 7) is -0.259. The van der Waals surface area contributed by atoms with E-state index in [1.807, 2.05) is 36.4 Å². The fraction of sp³-hybridized carbons (Fsp3) is 0.0435. The lowest BCUT2D eigenvalue weighted by atomic mass is 10.1. The van der Waals surface area contributed by atoms with Crippen molar-refractivity contribution in [1.82, 2.24) is 19.4 Å². The Hall–Kier alpha value is -4.17. The Morgan fingerprint density at radius 2 is 1.88 bits per heavy atom. The van der Waals surface area contributed by atoms with Gasteiger partial charge in [-0.05, 0) is 41.1 Å². The molecule has 9 heteroatoms. The van der Waals surface area contributed by atoms with Crippen LogP contribution in [0.25, 0.3) is 27.5 Å². The second-order valence-corrected chi connectivity index (χ2v) is 7.46. The van der Waals surface area contributed by atoms with Gasteiger partial charge in [0.25, 0.3) is 11.5 Å². The highest BCUT2D eigenvalue weighted by molar-refractivity contribution is 6.30. The van der Waals surface area contributed by atoms with Crippen LogP contribution in [0.1, 0.15) is 0 Å². The van der Waals surface area contributed by atoms with Crippen LogP contribution in [-0.4, -0.2) is 32.0 Å². The maximum atomic E-state index is 12.8. The molecule has 0 aliphatic heterocycles. The fourth-order valence-electron chi connectivity index (χ4n) is 3.36. The summed E-state index contributed by atoms with van der Waals surface area (Å²) in [4.78, 5) is 29.4. The van der Waals surface area contributed by atoms with E-state index in [4.69, 9.17) is 16.3 Å². The Morgan fingerprint density at radius 1 is 1.03 bits per heavy atom. The number of rotatable bonds is 5. The number of nitrogens with one attached hydrogen (secondary N) is 1. The van der Waals surface area contributed by atoms with Gasteiger partial charge >= 0.3 is 0 Å². The molecular weight excluding hydrogens is 430 g/mol. The van der Waals surface area contributed by atoms with Gasteiger partial charge in [-0.25, -0.2) is 14.3 Å². The maximum absolute atomic E-state index is 12.8. The van der Waals surface area contributed by atoms with Crippen molar-refractivity contribution in [2.45, 2.75) is 0 Å². The summed E-state index contributed by atoms with van der Waals surface area (Å²) in [5.41, 5.74) is 3.06. The second kappa shape index (κ2) is 8.16. The van der Waals surface area contributed by atoms with Crippen molar-refractivity contribution >= 4 is 39.3 Å². The molecule has 0 radical (unpaired) electrons. The number of fused-ring (bicyclic) bond motifs is 2. The molecule has 0 aliphatic carbocycles. The minimum atomic E-state index is -0.497. The third-order valence-electron chi connectivity index (χ3n) is 4.88. The molecule has 3 aromatic carbocycles. The zero-order valence-corrected chi connectivity index (χ0v) is 17.4. The summed E-state index contributed by atoms with van der Waals surface area (Å²) in [6, 6.07) is 20.5. The molecule has 8 nitrogen and oxygen atoms in total. The van der Waals surface area contributed by atoms with Crippen LogP contribution in [0.2, 0.25) is 5.02 Å². The van der Waals surface area contributed by atoms with E-state index in [0.717, 1.165) is 15.4 Å². The Morgan fingerprint density at radius 3 is 2.72 bits per heavy atom. The summed E-state index contributed by atoms with van der Waals surface area (Å²) in [7, 11) is 0. The van der Waals surface area contributed by atoms with E-state index in [-0.39, 0.29) is 12.0 Å². The summed E-state index contributed by atoms with van der Waals surface area (Å²) < 4.78 is 8.10. The van der Waals surface area contributed by atoms with E-state index in [9.17, 15) is 9.59 Å². The average molecular weight is 446 g/mol. The predicted octanol–water partition coefficient (Wildman–Crippen LogP) is 3.54. The summed E-state index contributed by atoms with van der Waals surface area (Å²) >= 11 is 6.04. The van der Waals surface area contributed by atoms with Crippen molar-refractivity contribution in [2.24, 2.45) is 0 Å². The maximum Gasteiger partial charge on any atom is 0.283 e. The first-order valence-corrected chi connectivity index (χ1v) is 10.1. The highest BCUT2D eigenvalue weighted by Gasteiger charge is 2.13. The molecule has 5 aromatic rings. The predicted molar refractivity (Wildman–Crippen MR) is 122 cm³/mol. The molecular formula is C23H16ClN5O3. The average Bonchev–Trinajstić information content (AvgIpc) is 3.24. The van der Waals surface area contributed by atoms with Crippen LogP contribution in [0.3, 0.4) is 0 Å². The van der Waals surface area contributed by atoms with Crippen molar-refractivity contribution < 1.29 is 9.53 Å². The highest BCUT2D eigenvalue weighted by atomic mass is 35.5. The van der Waals surface area contributed by atoms with Crippen LogP contribution >= 0.6 is 11.6 Å². The van der Waals surface area contributed by atoms with E-state index < -0.39 is 11.5 Å². The van der Waals surface area contributed by atoms with Gasteiger partial charge in [0.2, 0.25) is 0 Å². The minimum absolute atomic E-state index is 0.253. The first kappa shape index (κ1) is 19.8. The number of aromatic nitrogens is 4. The molecule has 1 amide bonds. The first-order valence-electron chi connectivity index (χ1n) is 9.71. The van der Waals surface area contributed by atoms with Gasteiger partial charge in [0, 0.05) is 5.02 Å². The summed E-state index contributed by atoms with van der Waals surface area (Å²) in [5.74, 6) is 0.0613. The number of halogens is 1. The SMILES string of the molecule is O=C(COc1ccc2ccccc2c1)Nn1cnc2c(cnn2-c2cccc(Cl)c2)c1=O.